The first-order valence-corrected chi connectivity index (χ1v) is 6.20. The van der Waals surface area contributed by atoms with Gasteiger partial charge in [0.2, 0.25) is 0 Å². The molecule has 0 unspecified atom stereocenters. The Labute approximate surface area is 94.2 Å². The molecule has 0 aliphatic heterocycles. The summed E-state index contributed by atoms with van der Waals surface area (Å²) < 4.78 is 33.5. The van der Waals surface area contributed by atoms with Crippen LogP contribution in [0.4, 0.5) is 0 Å². The number of nitrogens with zero attached hydrogens (tertiary/aromatic N) is 2. The van der Waals surface area contributed by atoms with Crippen molar-refractivity contribution in [2.24, 2.45) is 5.14 Å². The van der Waals surface area contributed by atoms with Crippen molar-refractivity contribution >= 4 is 10.0 Å². The van der Waals surface area contributed by atoms with Crippen LogP contribution in [0.25, 0.3) is 0 Å². The van der Waals surface area contributed by atoms with Crippen LogP contribution in [0.15, 0.2) is 17.6 Å². The Kier molecular flexibility index (Phi) is 4.87. The first kappa shape index (κ1) is 13.1. The summed E-state index contributed by atoms with van der Waals surface area (Å²) in [6, 6.07) is 0. The number of aromatic nitrogens is 2. The number of rotatable bonds is 7. The molecule has 8 heteroatoms. The third-order valence-electron chi connectivity index (χ3n) is 1.83. The van der Waals surface area contributed by atoms with E-state index in [2.05, 4.69) is 4.98 Å². The second-order valence-electron chi connectivity index (χ2n) is 3.10. The van der Waals surface area contributed by atoms with E-state index >= 15 is 0 Å². The van der Waals surface area contributed by atoms with Crippen LogP contribution in [0.5, 0.6) is 0 Å². The molecular formula is C8H15N3O4S. The molecule has 0 aliphatic carbocycles. The average molecular weight is 249 g/mol. The average Bonchev–Trinajstić information content (AvgIpc) is 2.65. The maximum absolute atomic E-state index is 10.9. The minimum absolute atomic E-state index is 0.135. The van der Waals surface area contributed by atoms with E-state index in [1.165, 1.54) is 12.5 Å². The summed E-state index contributed by atoms with van der Waals surface area (Å²) in [4.78, 5) is 3.67. The standard InChI is InChI=1S/C8H15N3O4S/c1-14-4-5-15-3-2-11-6-8(10-7-11)16(9,12)13/h6-7H,2-5H2,1H3,(H2,9,12,13). The number of ether oxygens (including phenoxy) is 2. The number of imidazole rings is 1. The highest BCUT2D eigenvalue weighted by molar-refractivity contribution is 7.89. The minimum atomic E-state index is -3.71. The van der Waals surface area contributed by atoms with E-state index in [9.17, 15) is 8.42 Å². The van der Waals surface area contributed by atoms with Crippen molar-refractivity contribution in [2.45, 2.75) is 11.6 Å². The quantitative estimate of drug-likeness (QED) is 0.638. The van der Waals surface area contributed by atoms with Crippen LogP contribution in [0.3, 0.4) is 0 Å². The molecule has 0 fully saturated rings. The highest BCUT2D eigenvalue weighted by Gasteiger charge is 2.10. The second-order valence-corrected chi connectivity index (χ2v) is 4.61. The second kappa shape index (κ2) is 5.94. The van der Waals surface area contributed by atoms with E-state index in [0.29, 0.717) is 26.4 Å². The van der Waals surface area contributed by atoms with Crippen LogP contribution in [-0.2, 0) is 26.0 Å². The van der Waals surface area contributed by atoms with Gasteiger partial charge in [-0.2, -0.15) is 0 Å². The Bertz CT molecular complexity index is 415. The summed E-state index contributed by atoms with van der Waals surface area (Å²) in [5.41, 5.74) is 0. The lowest BCUT2D eigenvalue weighted by atomic mass is 10.6. The van der Waals surface area contributed by atoms with Gasteiger partial charge in [0.1, 0.15) is 0 Å². The third kappa shape index (κ3) is 4.27. The largest absolute Gasteiger partial charge is 0.382 e. The van der Waals surface area contributed by atoms with Crippen LogP contribution in [0, 0.1) is 0 Å². The molecule has 92 valence electrons. The number of hydrogen-bond acceptors (Lipinski definition) is 5. The third-order valence-corrected chi connectivity index (χ3v) is 2.62. The van der Waals surface area contributed by atoms with Crippen molar-refractivity contribution in [1.82, 2.24) is 9.55 Å². The van der Waals surface area contributed by atoms with Crippen molar-refractivity contribution in [3.8, 4) is 0 Å². The fraction of sp³-hybridized carbons (Fsp3) is 0.625. The van der Waals surface area contributed by atoms with Gasteiger partial charge in [-0.1, -0.05) is 0 Å². The zero-order chi connectivity index (χ0) is 12.0. The van der Waals surface area contributed by atoms with Gasteiger partial charge < -0.3 is 14.0 Å². The maximum atomic E-state index is 10.9. The zero-order valence-corrected chi connectivity index (χ0v) is 9.81. The van der Waals surface area contributed by atoms with Crippen LogP contribution in [-0.4, -0.2) is 44.9 Å². The molecule has 16 heavy (non-hydrogen) atoms. The maximum Gasteiger partial charge on any atom is 0.257 e. The Hall–Kier alpha value is -0.960. The molecule has 0 aromatic carbocycles. The van der Waals surface area contributed by atoms with Gasteiger partial charge in [0.15, 0.2) is 5.03 Å². The van der Waals surface area contributed by atoms with Crippen molar-refractivity contribution in [3.05, 3.63) is 12.5 Å². The molecule has 0 aliphatic rings. The predicted molar refractivity (Wildman–Crippen MR) is 56.3 cm³/mol. The van der Waals surface area contributed by atoms with E-state index in [1.807, 2.05) is 0 Å². The first-order chi connectivity index (χ1) is 7.54. The van der Waals surface area contributed by atoms with E-state index in [-0.39, 0.29) is 5.03 Å². The fourth-order valence-electron chi connectivity index (χ4n) is 1.02. The fourth-order valence-corrected chi connectivity index (χ4v) is 1.50. The van der Waals surface area contributed by atoms with Gasteiger partial charge in [0.05, 0.1) is 26.1 Å². The van der Waals surface area contributed by atoms with Gasteiger partial charge in [0, 0.05) is 19.9 Å². The van der Waals surface area contributed by atoms with Gasteiger partial charge in [0.25, 0.3) is 10.0 Å². The molecule has 0 radical (unpaired) electrons. The highest BCUT2D eigenvalue weighted by atomic mass is 32.2. The Morgan fingerprint density at radius 1 is 1.44 bits per heavy atom. The van der Waals surface area contributed by atoms with Crippen LogP contribution in [0.2, 0.25) is 0 Å². The number of hydrogen-bond donors (Lipinski definition) is 1. The molecule has 0 saturated carbocycles. The summed E-state index contributed by atoms with van der Waals surface area (Å²) in [5, 5.41) is 4.78. The Balaban J connectivity index is 2.36. The van der Waals surface area contributed by atoms with Gasteiger partial charge in [-0.3, -0.25) is 0 Å². The molecule has 0 bridgehead atoms. The lowest BCUT2D eigenvalue weighted by Crippen LogP contribution is -2.12. The Morgan fingerprint density at radius 2 is 2.19 bits per heavy atom. The van der Waals surface area contributed by atoms with Gasteiger partial charge in [-0.15, -0.1) is 0 Å². The number of primary sulfonamides is 1. The monoisotopic (exact) mass is 249 g/mol. The first-order valence-electron chi connectivity index (χ1n) is 4.65. The van der Waals surface area contributed by atoms with E-state index < -0.39 is 10.0 Å². The predicted octanol–water partition coefficient (Wildman–Crippen LogP) is -0.806. The topological polar surface area (TPSA) is 96.4 Å². The molecule has 0 saturated heterocycles. The number of methoxy groups -OCH3 is 1. The Morgan fingerprint density at radius 3 is 2.75 bits per heavy atom. The van der Waals surface area contributed by atoms with Crippen LogP contribution >= 0.6 is 0 Å². The summed E-state index contributed by atoms with van der Waals surface area (Å²) in [7, 11) is -2.12. The number of sulfonamides is 1. The normalized spacial score (nSPS) is 11.9. The molecule has 1 heterocycles. The molecule has 0 amide bonds. The zero-order valence-electron chi connectivity index (χ0n) is 9.00. The molecule has 2 N–H and O–H groups in total. The molecule has 0 atom stereocenters. The van der Waals surface area contributed by atoms with Gasteiger partial charge in [-0.25, -0.2) is 18.5 Å². The minimum Gasteiger partial charge on any atom is -0.382 e. The summed E-state index contributed by atoms with van der Waals surface area (Å²) in [6.07, 6.45) is 2.77. The smallest absolute Gasteiger partial charge is 0.257 e. The SMILES string of the molecule is COCCOCCn1cnc(S(N)(=O)=O)c1. The molecular weight excluding hydrogens is 234 g/mol. The van der Waals surface area contributed by atoms with Gasteiger partial charge >= 0.3 is 0 Å². The van der Waals surface area contributed by atoms with Crippen LogP contribution in [0.1, 0.15) is 0 Å². The van der Waals surface area contributed by atoms with Crippen LogP contribution < -0.4 is 5.14 Å². The van der Waals surface area contributed by atoms with Gasteiger partial charge in [-0.05, 0) is 0 Å². The lowest BCUT2D eigenvalue weighted by molar-refractivity contribution is 0.0666. The van der Waals surface area contributed by atoms with Crippen molar-refractivity contribution < 1.29 is 17.9 Å². The molecule has 7 nitrogen and oxygen atoms in total. The van der Waals surface area contributed by atoms with E-state index in [0.717, 1.165) is 0 Å². The van der Waals surface area contributed by atoms with Crippen molar-refractivity contribution in [2.75, 3.05) is 26.9 Å². The number of nitrogens with two attached hydrogens (primary N) is 1. The summed E-state index contributed by atoms with van der Waals surface area (Å²) in [6.45, 7) is 2.02. The van der Waals surface area contributed by atoms with Crippen molar-refractivity contribution in [1.29, 1.82) is 0 Å². The summed E-state index contributed by atoms with van der Waals surface area (Å²) >= 11 is 0. The highest BCUT2D eigenvalue weighted by Crippen LogP contribution is 2.01. The summed E-state index contributed by atoms with van der Waals surface area (Å²) in [5.74, 6) is 0. The molecule has 0 spiro atoms. The van der Waals surface area contributed by atoms with Crippen molar-refractivity contribution in [3.63, 3.8) is 0 Å². The van der Waals surface area contributed by atoms with E-state index in [1.54, 1.807) is 11.7 Å². The molecule has 1 aromatic heterocycles. The lowest BCUT2D eigenvalue weighted by Gasteiger charge is -2.03. The van der Waals surface area contributed by atoms with E-state index in [4.69, 9.17) is 14.6 Å². The molecule has 1 aromatic rings. The molecule has 1 rings (SSSR count).